The second kappa shape index (κ2) is 3.69. The fourth-order valence-electron chi connectivity index (χ4n) is 3.92. The first-order valence-corrected chi connectivity index (χ1v) is 7.20. The van der Waals surface area contributed by atoms with Crippen LogP contribution in [0.4, 0.5) is 0 Å². The third kappa shape index (κ3) is 1.51. The number of hydrogen-bond donors (Lipinski definition) is 0. The first kappa shape index (κ1) is 11.2. The van der Waals surface area contributed by atoms with E-state index in [0.29, 0.717) is 5.41 Å². The summed E-state index contributed by atoms with van der Waals surface area (Å²) in [5.41, 5.74) is 5.88. The van der Waals surface area contributed by atoms with Gasteiger partial charge in [0, 0.05) is 11.8 Å². The molecule has 19 heavy (non-hydrogen) atoms. The van der Waals surface area contributed by atoms with E-state index in [1.807, 2.05) is 0 Å². The molecule has 3 aliphatic carbocycles. The maximum atomic E-state index is 4.67. The standard InChI is InChI=1S/C18H19N/c1-18(2)14-8-13-11-19-17(10-15(13)16(18)9-14)12-6-4-3-5-7-12/h3-7,10-11,14,16H,8-9H2,1-2H3. The lowest BCUT2D eigenvalue weighted by Gasteiger charge is -2.57. The van der Waals surface area contributed by atoms with Gasteiger partial charge in [-0.2, -0.15) is 0 Å². The molecule has 1 heteroatoms. The van der Waals surface area contributed by atoms with Gasteiger partial charge in [0.1, 0.15) is 0 Å². The van der Waals surface area contributed by atoms with Crippen LogP contribution in [-0.4, -0.2) is 4.98 Å². The Morgan fingerprint density at radius 2 is 1.95 bits per heavy atom. The van der Waals surface area contributed by atoms with Crippen LogP contribution in [0.3, 0.4) is 0 Å². The van der Waals surface area contributed by atoms with E-state index < -0.39 is 0 Å². The number of benzene rings is 1. The van der Waals surface area contributed by atoms with Crippen LogP contribution in [0.5, 0.6) is 0 Å². The second-order valence-electron chi connectivity index (χ2n) is 6.65. The van der Waals surface area contributed by atoms with Crippen LogP contribution in [0.1, 0.15) is 37.3 Å². The van der Waals surface area contributed by atoms with Crippen molar-refractivity contribution in [3.63, 3.8) is 0 Å². The molecule has 2 atom stereocenters. The van der Waals surface area contributed by atoms with E-state index in [4.69, 9.17) is 0 Å². The maximum absolute atomic E-state index is 4.67. The van der Waals surface area contributed by atoms with Crippen molar-refractivity contribution in [3.8, 4) is 11.3 Å². The SMILES string of the molecule is CC1(C)C2Cc3cnc(-c4ccccc4)cc3C1C2. The molecule has 0 N–H and O–H groups in total. The van der Waals surface area contributed by atoms with E-state index in [9.17, 15) is 0 Å². The van der Waals surface area contributed by atoms with Gasteiger partial charge in [0.15, 0.2) is 0 Å². The Balaban J connectivity index is 1.81. The number of pyridine rings is 1. The van der Waals surface area contributed by atoms with E-state index in [1.54, 1.807) is 5.56 Å². The molecule has 1 fully saturated rings. The summed E-state index contributed by atoms with van der Waals surface area (Å²) in [4.78, 5) is 4.67. The highest BCUT2D eigenvalue weighted by Gasteiger charge is 2.52. The first-order chi connectivity index (χ1) is 9.16. The summed E-state index contributed by atoms with van der Waals surface area (Å²) in [6.07, 6.45) is 4.71. The molecule has 2 unspecified atom stereocenters. The molecule has 2 bridgehead atoms. The summed E-state index contributed by atoms with van der Waals surface area (Å²) in [5.74, 6) is 1.61. The predicted octanol–water partition coefficient (Wildman–Crippen LogP) is 4.43. The zero-order valence-corrected chi connectivity index (χ0v) is 11.6. The molecule has 1 saturated carbocycles. The molecule has 0 radical (unpaired) electrons. The van der Waals surface area contributed by atoms with Crippen molar-refractivity contribution in [1.82, 2.24) is 4.98 Å². The van der Waals surface area contributed by atoms with Gasteiger partial charge in [-0.1, -0.05) is 44.2 Å². The third-order valence-corrected chi connectivity index (χ3v) is 5.40. The monoisotopic (exact) mass is 249 g/mol. The fraction of sp³-hybridized carbons (Fsp3) is 0.389. The number of aromatic nitrogens is 1. The fourth-order valence-corrected chi connectivity index (χ4v) is 3.92. The van der Waals surface area contributed by atoms with Gasteiger partial charge < -0.3 is 0 Å². The summed E-state index contributed by atoms with van der Waals surface area (Å²) in [6.45, 7) is 4.86. The van der Waals surface area contributed by atoms with E-state index in [0.717, 1.165) is 17.5 Å². The van der Waals surface area contributed by atoms with Gasteiger partial charge in [0.05, 0.1) is 5.69 Å². The highest BCUT2D eigenvalue weighted by atomic mass is 14.7. The van der Waals surface area contributed by atoms with Crippen molar-refractivity contribution in [3.05, 3.63) is 53.7 Å². The number of rotatable bonds is 1. The Morgan fingerprint density at radius 3 is 2.68 bits per heavy atom. The number of hydrogen-bond acceptors (Lipinski definition) is 1. The quantitative estimate of drug-likeness (QED) is 0.728. The van der Waals surface area contributed by atoms with Crippen molar-refractivity contribution in [1.29, 1.82) is 0 Å². The van der Waals surface area contributed by atoms with Crippen molar-refractivity contribution < 1.29 is 0 Å². The van der Waals surface area contributed by atoms with Crippen molar-refractivity contribution in [2.24, 2.45) is 11.3 Å². The minimum Gasteiger partial charge on any atom is -0.256 e. The molecule has 0 amide bonds. The zero-order valence-electron chi connectivity index (χ0n) is 11.6. The van der Waals surface area contributed by atoms with Crippen LogP contribution >= 0.6 is 0 Å². The maximum Gasteiger partial charge on any atom is 0.0705 e. The third-order valence-electron chi connectivity index (χ3n) is 5.40. The summed E-state index contributed by atoms with van der Waals surface area (Å²) in [5, 5.41) is 0. The van der Waals surface area contributed by atoms with Crippen molar-refractivity contribution in [2.45, 2.75) is 32.6 Å². The number of nitrogens with zero attached hydrogens (tertiary/aromatic N) is 1. The van der Waals surface area contributed by atoms with Crippen LogP contribution in [-0.2, 0) is 6.42 Å². The molecule has 1 heterocycles. The van der Waals surface area contributed by atoms with E-state index in [2.05, 4.69) is 61.4 Å². The summed E-state index contributed by atoms with van der Waals surface area (Å²) < 4.78 is 0. The predicted molar refractivity (Wildman–Crippen MR) is 78.0 cm³/mol. The highest BCUT2D eigenvalue weighted by Crippen LogP contribution is 2.62. The lowest BCUT2D eigenvalue weighted by molar-refractivity contribution is 0.0184. The molecule has 0 saturated heterocycles. The lowest BCUT2D eigenvalue weighted by atomic mass is 9.47. The summed E-state index contributed by atoms with van der Waals surface area (Å²) in [6, 6.07) is 12.9. The largest absolute Gasteiger partial charge is 0.256 e. The van der Waals surface area contributed by atoms with Crippen molar-refractivity contribution in [2.75, 3.05) is 0 Å². The molecule has 1 aromatic carbocycles. The molecule has 96 valence electrons. The summed E-state index contributed by atoms with van der Waals surface area (Å²) in [7, 11) is 0. The van der Waals surface area contributed by atoms with Gasteiger partial charge in [-0.15, -0.1) is 0 Å². The minimum absolute atomic E-state index is 0.488. The Kier molecular flexibility index (Phi) is 2.18. The topological polar surface area (TPSA) is 12.9 Å². The molecule has 0 spiro atoms. The minimum atomic E-state index is 0.488. The Bertz CT molecular complexity index is 627. The van der Waals surface area contributed by atoms with Crippen LogP contribution in [0, 0.1) is 11.3 Å². The van der Waals surface area contributed by atoms with Crippen LogP contribution in [0.2, 0.25) is 0 Å². The second-order valence-corrected chi connectivity index (χ2v) is 6.65. The van der Waals surface area contributed by atoms with Gasteiger partial charge in [-0.25, -0.2) is 0 Å². The van der Waals surface area contributed by atoms with E-state index in [1.165, 1.54) is 24.0 Å². The van der Waals surface area contributed by atoms with Gasteiger partial charge in [0.25, 0.3) is 0 Å². The lowest BCUT2D eigenvalue weighted by Crippen LogP contribution is -2.48. The van der Waals surface area contributed by atoms with E-state index >= 15 is 0 Å². The van der Waals surface area contributed by atoms with Crippen LogP contribution < -0.4 is 0 Å². The van der Waals surface area contributed by atoms with E-state index in [-0.39, 0.29) is 0 Å². The molecule has 1 aromatic heterocycles. The molecular formula is C18H19N. The van der Waals surface area contributed by atoms with Gasteiger partial charge in [0.2, 0.25) is 0 Å². The van der Waals surface area contributed by atoms with Crippen LogP contribution in [0.15, 0.2) is 42.6 Å². The van der Waals surface area contributed by atoms with Gasteiger partial charge in [-0.3, -0.25) is 4.98 Å². The molecule has 1 nitrogen and oxygen atoms in total. The molecule has 3 aliphatic rings. The molecule has 2 aromatic rings. The first-order valence-electron chi connectivity index (χ1n) is 7.20. The smallest absolute Gasteiger partial charge is 0.0705 e. The normalized spacial score (nSPS) is 26.4. The molecule has 0 aliphatic heterocycles. The summed E-state index contributed by atoms with van der Waals surface area (Å²) >= 11 is 0. The Hall–Kier alpha value is -1.63. The average molecular weight is 249 g/mol. The molecular weight excluding hydrogens is 230 g/mol. The highest BCUT2D eigenvalue weighted by molar-refractivity contribution is 5.61. The average Bonchev–Trinajstić information content (AvgIpc) is 2.46. The Labute approximate surface area is 114 Å². The van der Waals surface area contributed by atoms with Gasteiger partial charge >= 0.3 is 0 Å². The van der Waals surface area contributed by atoms with Gasteiger partial charge in [-0.05, 0) is 47.3 Å². The van der Waals surface area contributed by atoms with Crippen molar-refractivity contribution >= 4 is 0 Å². The van der Waals surface area contributed by atoms with Crippen LogP contribution in [0.25, 0.3) is 11.3 Å². The Morgan fingerprint density at radius 1 is 1.16 bits per heavy atom. The molecule has 5 rings (SSSR count). The zero-order chi connectivity index (χ0) is 13.0.